The minimum atomic E-state index is -0.261. The highest BCUT2D eigenvalue weighted by Gasteiger charge is 2.08. The summed E-state index contributed by atoms with van der Waals surface area (Å²) in [5.74, 6) is 1.36. The van der Waals surface area contributed by atoms with Gasteiger partial charge in [0.05, 0.1) is 18.8 Å². The molecule has 1 rings (SSSR count). The lowest BCUT2D eigenvalue weighted by atomic mass is 10.2. The van der Waals surface area contributed by atoms with Crippen molar-refractivity contribution in [1.29, 1.82) is 0 Å². The second kappa shape index (κ2) is 7.95. The SMILES string of the molecule is COC(CNc1ccccc1OCC(C)C)OC. The number of methoxy groups -OCH3 is 2. The van der Waals surface area contributed by atoms with Crippen molar-refractivity contribution in [3.05, 3.63) is 24.3 Å². The summed E-state index contributed by atoms with van der Waals surface area (Å²) in [7, 11) is 3.24. The summed E-state index contributed by atoms with van der Waals surface area (Å²) >= 11 is 0. The normalized spacial score (nSPS) is 11.0. The molecule has 0 fully saturated rings. The van der Waals surface area contributed by atoms with Gasteiger partial charge >= 0.3 is 0 Å². The molecule has 0 amide bonds. The van der Waals surface area contributed by atoms with Crippen LogP contribution in [0.4, 0.5) is 5.69 Å². The molecular formula is C14H23NO3. The number of ether oxygens (including phenoxy) is 3. The van der Waals surface area contributed by atoms with E-state index < -0.39 is 0 Å². The Kier molecular flexibility index (Phi) is 6.54. The maximum absolute atomic E-state index is 5.75. The molecule has 0 spiro atoms. The van der Waals surface area contributed by atoms with E-state index in [1.807, 2.05) is 24.3 Å². The molecule has 0 aromatic heterocycles. The van der Waals surface area contributed by atoms with Crippen LogP contribution in [-0.2, 0) is 9.47 Å². The van der Waals surface area contributed by atoms with E-state index in [0.29, 0.717) is 19.1 Å². The van der Waals surface area contributed by atoms with Gasteiger partial charge in [-0.15, -0.1) is 0 Å². The van der Waals surface area contributed by atoms with E-state index in [1.54, 1.807) is 14.2 Å². The minimum Gasteiger partial charge on any atom is -0.491 e. The molecule has 0 radical (unpaired) electrons. The topological polar surface area (TPSA) is 39.7 Å². The van der Waals surface area contributed by atoms with Crippen LogP contribution in [0.25, 0.3) is 0 Å². The first-order valence-corrected chi connectivity index (χ1v) is 6.18. The predicted octanol–water partition coefficient (Wildman–Crippen LogP) is 2.75. The van der Waals surface area contributed by atoms with Gasteiger partial charge < -0.3 is 19.5 Å². The lowest BCUT2D eigenvalue weighted by Crippen LogP contribution is -2.23. The molecule has 1 aromatic rings. The number of rotatable bonds is 8. The quantitative estimate of drug-likeness (QED) is 0.723. The van der Waals surface area contributed by atoms with Gasteiger partial charge in [-0.25, -0.2) is 0 Å². The maximum atomic E-state index is 5.75. The van der Waals surface area contributed by atoms with Gasteiger partial charge in [0.2, 0.25) is 0 Å². The van der Waals surface area contributed by atoms with Crippen molar-refractivity contribution in [2.75, 3.05) is 32.7 Å². The zero-order valence-electron chi connectivity index (χ0n) is 11.6. The Labute approximate surface area is 109 Å². The second-order valence-corrected chi connectivity index (χ2v) is 4.48. The summed E-state index contributed by atoms with van der Waals surface area (Å²) in [6, 6.07) is 7.88. The van der Waals surface area contributed by atoms with E-state index in [2.05, 4.69) is 19.2 Å². The van der Waals surface area contributed by atoms with Gasteiger partial charge in [-0.05, 0) is 18.1 Å². The molecule has 0 aliphatic carbocycles. The first kappa shape index (κ1) is 14.8. The van der Waals surface area contributed by atoms with Gasteiger partial charge in [0.15, 0.2) is 6.29 Å². The molecule has 0 heterocycles. The Hall–Kier alpha value is -1.26. The summed E-state index contributed by atoms with van der Waals surface area (Å²) in [6.45, 7) is 5.54. The van der Waals surface area contributed by atoms with Crippen molar-refractivity contribution >= 4 is 5.69 Å². The van der Waals surface area contributed by atoms with E-state index in [9.17, 15) is 0 Å². The highest BCUT2D eigenvalue weighted by Crippen LogP contribution is 2.24. The third-order valence-electron chi connectivity index (χ3n) is 2.44. The minimum absolute atomic E-state index is 0.261. The van der Waals surface area contributed by atoms with Gasteiger partial charge in [0, 0.05) is 14.2 Å². The average Bonchev–Trinajstić information content (AvgIpc) is 2.38. The van der Waals surface area contributed by atoms with E-state index >= 15 is 0 Å². The van der Waals surface area contributed by atoms with E-state index in [1.165, 1.54) is 0 Å². The zero-order chi connectivity index (χ0) is 13.4. The Morgan fingerprint density at radius 1 is 1.11 bits per heavy atom. The lowest BCUT2D eigenvalue weighted by Gasteiger charge is -2.17. The van der Waals surface area contributed by atoms with E-state index in [-0.39, 0.29) is 6.29 Å². The Morgan fingerprint density at radius 3 is 2.39 bits per heavy atom. The molecule has 0 aliphatic rings. The van der Waals surface area contributed by atoms with Crippen LogP contribution in [0.5, 0.6) is 5.75 Å². The lowest BCUT2D eigenvalue weighted by molar-refractivity contribution is -0.0914. The zero-order valence-corrected chi connectivity index (χ0v) is 11.6. The molecule has 0 saturated heterocycles. The molecule has 0 unspecified atom stereocenters. The number of hydrogen-bond donors (Lipinski definition) is 1. The number of benzene rings is 1. The maximum Gasteiger partial charge on any atom is 0.173 e. The van der Waals surface area contributed by atoms with Crippen LogP contribution in [0.15, 0.2) is 24.3 Å². The summed E-state index contributed by atoms with van der Waals surface area (Å²) in [5, 5.41) is 3.26. The number of nitrogens with one attached hydrogen (secondary N) is 1. The van der Waals surface area contributed by atoms with Gasteiger partial charge in [-0.1, -0.05) is 26.0 Å². The average molecular weight is 253 g/mol. The highest BCUT2D eigenvalue weighted by atomic mass is 16.7. The number of para-hydroxylation sites is 2. The van der Waals surface area contributed by atoms with Crippen molar-refractivity contribution in [2.45, 2.75) is 20.1 Å². The Morgan fingerprint density at radius 2 is 1.78 bits per heavy atom. The van der Waals surface area contributed by atoms with Crippen molar-refractivity contribution in [3.8, 4) is 5.75 Å². The fourth-order valence-corrected chi connectivity index (χ4v) is 1.45. The van der Waals surface area contributed by atoms with Crippen molar-refractivity contribution in [2.24, 2.45) is 5.92 Å². The summed E-state index contributed by atoms with van der Waals surface area (Å²) in [4.78, 5) is 0. The monoisotopic (exact) mass is 253 g/mol. The molecule has 102 valence electrons. The third-order valence-corrected chi connectivity index (χ3v) is 2.44. The van der Waals surface area contributed by atoms with Gasteiger partial charge in [0.25, 0.3) is 0 Å². The molecule has 1 aromatic carbocycles. The Bertz CT molecular complexity index is 338. The third kappa shape index (κ3) is 4.94. The molecule has 4 nitrogen and oxygen atoms in total. The number of hydrogen-bond acceptors (Lipinski definition) is 4. The summed E-state index contributed by atoms with van der Waals surface area (Å²) in [5.41, 5.74) is 0.956. The molecule has 0 saturated carbocycles. The number of anilines is 1. The second-order valence-electron chi connectivity index (χ2n) is 4.48. The van der Waals surface area contributed by atoms with E-state index in [0.717, 1.165) is 11.4 Å². The van der Waals surface area contributed by atoms with Gasteiger partial charge in [-0.3, -0.25) is 0 Å². The fraction of sp³-hybridized carbons (Fsp3) is 0.571. The molecular weight excluding hydrogens is 230 g/mol. The van der Waals surface area contributed by atoms with Crippen molar-refractivity contribution in [3.63, 3.8) is 0 Å². The summed E-state index contributed by atoms with van der Waals surface area (Å²) in [6.07, 6.45) is -0.261. The highest BCUT2D eigenvalue weighted by molar-refractivity contribution is 5.56. The van der Waals surface area contributed by atoms with Crippen molar-refractivity contribution in [1.82, 2.24) is 0 Å². The molecule has 1 N–H and O–H groups in total. The van der Waals surface area contributed by atoms with Crippen LogP contribution >= 0.6 is 0 Å². The van der Waals surface area contributed by atoms with Crippen LogP contribution in [0.1, 0.15) is 13.8 Å². The smallest absolute Gasteiger partial charge is 0.173 e. The van der Waals surface area contributed by atoms with Crippen LogP contribution < -0.4 is 10.1 Å². The molecule has 0 atom stereocenters. The van der Waals surface area contributed by atoms with Crippen LogP contribution in [-0.4, -0.2) is 33.7 Å². The Balaban J connectivity index is 2.58. The molecule has 0 aliphatic heterocycles. The van der Waals surface area contributed by atoms with Crippen LogP contribution in [0.2, 0.25) is 0 Å². The van der Waals surface area contributed by atoms with Gasteiger partial charge in [-0.2, -0.15) is 0 Å². The van der Waals surface area contributed by atoms with Crippen LogP contribution in [0.3, 0.4) is 0 Å². The largest absolute Gasteiger partial charge is 0.491 e. The standard InChI is InChI=1S/C14H23NO3/c1-11(2)10-18-13-8-6-5-7-12(13)15-9-14(16-3)17-4/h5-8,11,14-15H,9-10H2,1-4H3. The predicted molar refractivity (Wildman–Crippen MR) is 73.1 cm³/mol. The van der Waals surface area contributed by atoms with Crippen LogP contribution in [0, 0.1) is 5.92 Å². The first-order valence-electron chi connectivity index (χ1n) is 6.18. The fourth-order valence-electron chi connectivity index (χ4n) is 1.45. The molecule has 4 heteroatoms. The summed E-state index contributed by atoms with van der Waals surface area (Å²) < 4.78 is 16.0. The van der Waals surface area contributed by atoms with Crippen molar-refractivity contribution < 1.29 is 14.2 Å². The molecule has 18 heavy (non-hydrogen) atoms. The van der Waals surface area contributed by atoms with E-state index in [4.69, 9.17) is 14.2 Å². The van der Waals surface area contributed by atoms with Gasteiger partial charge in [0.1, 0.15) is 5.75 Å². The first-order chi connectivity index (χ1) is 8.67. The molecule has 0 bridgehead atoms.